The number of carbonyl (C=O) groups excluding carboxylic acids is 3. The maximum atomic E-state index is 12.6. The summed E-state index contributed by atoms with van der Waals surface area (Å²) in [6, 6.07) is 13.4. The Morgan fingerprint density at radius 3 is 2.66 bits per heavy atom. The standard InChI is InChI=1S/C21H21N3O5/c1-28-19(26)14-5-4-6-15(13-14)22-20(27)24-11-9-21(10-12-24)23-18(25)16-7-2-3-8-17(16)29-21/h2-8,13H,9-12H2,1H3,(H,22,27)(H,23,25). The molecule has 2 aromatic carbocycles. The van der Waals surface area contributed by atoms with Crippen molar-refractivity contribution in [1.82, 2.24) is 10.2 Å². The van der Waals surface area contributed by atoms with E-state index in [0.29, 0.717) is 48.5 Å². The highest BCUT2D eigenvalue weighted by Gasteiger charge is 2.43. The third-order valence-corrected chi connectivity index (χ3v) is 5.17. The summed E-state index contributed by atoms with van der Waals surface area (Å²) in [6.07, 6.45) is 0.950. The fourth-order valence-corrected chi connectivity index (χ4v) is 3.60. The van der Waals surface area contributed by atoms with Crippen LogP contribution in [0.25, 0.3) is 0 Å². The molecule has 4 rings (SSSR count). The minimum atomic E-state index is -0.799. The number of methoxy groups -OCH3 is 1. The number of piperidine rings is 1. The van der Waals surface area contributed by atoms with Crippen LogP contribution in [0.1, 0.15) is 33.6 Å². The van der Waals surface area contributed by atoms with Gasteiger partial charge in [0.25, 0.3) is 5.91 Å². The minimum Gasteiger partial charge on any atom is -0.467 e. The minimum absolute atomic E-state index is 0.163. The molecular weight excluding hydrogens is 374 g/mol. The van der Waals surface area contributed by atoms with Crippen LogP contribution in [0.4, 0.5) is 10.5 Å². The number of hydrogen-bond acceptors (Lipinski definition) is 5. The van der Waals surface area contributed by atoms with Gasteiger partial charge in [-0.25, -0.2) is 9.59 Å². The van der Waals surface area contributed by atoms with Crippen LogP contribution in [-0.2, 0) is 4.74 Å². The summed E-state index contributed by atoms with van der Waals surface area (Å²) in [5.74, 6) is -0.0652. The lowest BCUT2D eigenvalue weighted by Crippen LogP contribution is -2.61. The molecule has 8 nitrogen and oxygen atoms in total. The van der Waals surface area contributed by atoms with Crippen LogP contribution in [0.5, 0.6) is 5.75 Å². The lowest BCUT2D eigenvalue weighted by molar-refractivity contribution is -0.0203. The second kappa shape index (κ2) is 7.46. The summed E-state index contributed by atoms with van der Waals surface area (Å²) in [4.78, 5) is 38.3. The van der Waals surface area contributed by atoms with Crippen molar-refractivity contribution in [3.63, 3.8) is 0 Å². The van der Waals surface area contributed by atoms with Crippen molar-refractivity contribution in [1.29, 1.82) is 0 Å². The highest BCUT2D eigenvalue weighted by molar-refractivity contribution is 5.98. The third kappa shape index (κ3) is 3.73. The quantitative estimate of drug-likeness (QED) is 0.762. The van der Waals surface area contributed by atoms with Crippen LogP contribution >= 0.6 is 0 Å². The van der Waals surface area contributed by atoms with Crippen LogP contribution < -0.4 is 15.4 Å². The summed E-state index contributed by atoms with van der Waals surface area (Å²) in [6.45, 7) is 0.843. The molecule has 3 amide bonds. The average Bonchev–Trinajstić information content (AvgIpc) is 2.74. The van der Waals surface area contributed by atoms with E-state index in [9.17, 15) is 14.4 Å². The van der Waals surface area contributed by atoms with E-state index in [1.807, 2.05) is 6.07 Å². The molecular formula is C21H21N3O5. The summed E-state index contributed by atoms with van der Waals surface area (Å²) < 4.78 is 10.8. The van der Waals surface area contributed by atoms with Gasteiger partial charge in [-0.3, -0.25) is 4.79 Å². The van der Waals surface area contributed by atoms with E-state index < -0.39 is 11.7 Å². The number of amides is 3. The van der Waals surface area contributed by atoms with Gasteiger partial charge in [-0.05, 0) is 30.3 Å². The zero-order valence-electron chi connectivity index (χ0n) is 15.9. The molecule has 0 atom stereocenters. The molecule has 0 aromatic heterocycles. The van der Waals surface area contributed by atoms with Gasteiger partial charge in [0.15, 0.2) is 5.72 Å². The van der Waals surface area contributed by atoms with Crippen molar-refractivity contribution in [3.05, 3.63) is 59.7 Å². The SMILES string of the molecule is COC(=O)c1cccc(NC(=O)N2CCC3(CC2)NC(=O)c2ccccc2O3)c1. The predicted octanol–water partition coefficient (Wildman–Crippen LogP) is 2.62. The molecule has 0 radical (unpaired) electrons. The summed E-state index contributed by atoms with van der Waals surface area (Å²) in [5, 5.41) is 5.75. The van der Waals surface area contributed by atoms with Gasteiger partial charge in [-0.1, -0.05) is 18.2 Å². The van der Waals surface area contributed by atoms with Gasteiger partial charge in [-0.2, -0.15) is 0 Å². The second-order valence-electron chi connectivity index (χ2n) is 7.04. The number of carbonyl (C=O) groups is 3. The van der Waals surface area contributed by atoms with Crippen LogP contribution in [-0.4, -0.2) is 48.7 Å². The van der Waals surface area contributed by atoms with Gasteiger partial charge >= 0.3 is 12.0 Å². The van der Waals surface area contributed by atoms with Crippen molar-refractivity contribution in [3.8, 4) is 5.75 Å². The Morgan fingerprint density at radius 2 is 1.90 bits per heavy atom. The van der Waals surface area contributed by atoms with E-state index in [4.69, 9.17) is 9.47 Å². The molecule has 150 valence electrons. The lowest BCUT2D eigenvalue weighted by Gasteiger charge is -2.44. The molecule has 1 fully saturated rings. The van der Waals surface area contributed by atoms with Crippen LogP contribution in [0.15, 0.2) is 48.5 Å². The smallest absolute Gasteiger partial charge is 0.337 e. The summed E-state index contributed by atoms with van der Waals surface area (Å²) in [7, 11) is 1.31. The Bertz CT molecular complexity index is 966. The maximum absolute atomic E-state index is 12.6. The molecule has 8 heteroatoms. The van der Waals surface area contributed by atoms with E-state index in [0.717, 1.165) is 0 Å². The largest absolute Gasteiger partial charge is 0.467 e. The van der Waals surface area contributed by atoms with E-state index >= 15 is 0 Å². The number of nitrogens with one attached hydrogen (secondary N) is 2. The predicted molar refractivity (Wildman–Crippen MR) is 105 cm³/mol. The molecule has 0 saturated carbocycles. The van der Waals surface area contributed by atoms with Gasteiger partial charge in [0.2, 0.25) is 0 Å². The molecule has 1 spiro atoms. The van der Waals surface area contributed by atoms with Crippen molar-refractivity contribution in [2.45, 2.75) is 18.6 Å². The molecule has 2 aliphatic rings. The topological polar surface area (TPSA) is 97.0 Å². The molecule has 0 bridgehead atoms. The van der Waals surface area contributed by atoms with Crippen molar-refractivity contribution in [2.24, 2.45) is 0 Å². The van der Waals surface area contributed by atoms with Crippen molar-refractivity contribution >= 4 is 23.6 Å². The Hall–Kier alpha value is -3.55. The molecule has 0 aliphatic carbocycles. The van der Waals surface area contributed by atoms with Gasteiger partial charge < -0.3 is 25.0 Å². The summed E-state index contributed by atoms with van der Waals surface area (Å²) in [5.41, 5.74) is 0.588. The highest BCUT2D eigenvalue weighted by Crippen LogP contribution is 2.33. The molecule has 1 saturated heterocycles. The molecule has 2 heterocycles. The number of urea groups is 1. The number of ether oxygens (including phenoxy) is 2. The number of anilines is 1. The third-order valence-electron chi connectivity index (χ3n) is 5.17. The number of benzene rings is 2. The first kappa shape index (κ1) is 18.8. The molecule has 2 aromatic rings. The van der Waals surface area contributed by atoms with E-state index in [-0.39, 0.29) is 11.9 Å². The maximum Gasteiger partial charge on any atom is 0.337 e. The normalized spacial score (nSPS) is 17.0. The van der Waals surface area contributed by atoms with Crippen LogP contribution in [0.2, 0.25) is 0 Å². The number of para-hydroxylation sites is 1. The number of likely N-dealkylation sites (tertiary alicyclic amines) is 1. The van der Waals surface area contributed by atoms with Crippen LogP contribution in [0, 0.1) is 0 Å². The molecule has 29 heavy (non-hydrogen) atoms. The highest BCUT2D eigenvalue weighted by atomic mass is 16.5. The zero-order valence-corrected chi connectivity index (χ0v) is 15.9. The van der Waals surface area contributed by atoms with Crippen molar-refractivity contribution < 1.29 is 23.9 Å². The van der Waals surface area contributed by atoms with Gasteiger partial charge in [-0.15, -0.1) is 0 Å². The zero-order chi connectivity index (χ0) is 20.4. The van der Waals surface area contributed by atoms with Gasteiger partial charge in [0.1, 0.15) is 5.75 Å². The lowest BCUT2D eigenvalue weighted by atomic mass is 9.97. The average molecular weight is 395 g/mol. The van der Waals surface area contributed by atoms with E-state index in [1.54, 1.807) is 47.4 Å². The Balaban J connectivity index is 1.39. The number of nitrogens with zero attached hydrogens (tertiary/aromatic N) is 1. The van der Waals surface area contributed by atoms with E-state index in [1.165, 1.54) is 7.11 Å². The number of fused-ring (bicyclic) bond motifs is 1. The fourth-order valence-electron chi connectivity index (χ4n) is 3.60. The molecule has 2 N–H and O–H groups in total. The number of esters is 1. The summed E-state index contributed by atoms with van der Waals surface area (Å²) >= 11 is 0. The Kier molecular flexibility index (Phi) is 4.84. The van der Waals surface area contributed by atoms with Crippen LogP contribution in [0.3, 0.4) is 0 Å². The first-order valence-corrected chi connectivity index (χ1v) is 9.34. The van der Waals surface area contributed by atoms with E-state index in [2.05, 4.69) is 10.6 Å². The second-order valence-corrected chi connectivity index (χ2v) is 7.04. The van der Waals surface area contributed by atoms with Gasteiger partial charge in [0, 0.05) is 31.6 Å². The number of rotatable bonds is 2. The Labute approximate surface area is 167 Å². The Morgan fingerprint density at radius 1 is 1.14 bits per heavy atom. The van der Waals surface area contributed by atoms with Crippen molar-refractivity contribution in [2.75, 3.05) is 25.5 Å². The van der Waals surface area contributed by atoms with Gasteiger partial charge in [0.05, 0.1) is 18.2 Å². The first-order chi connectivity index (χ1) is 14.0. The molecule has 0 unspecified atom stereocenters. The fraction of sp³-hybridized carbons (Fsp3) is 0.286. The first-order valence-electron chi connectivity index (χ1n) is 9.34. The monoisotopic (exact) mass is 395 g/mol. The number of hydrogen-bond donors (Lipinski definition) is 2. The molecule has 2 aliphatic heterocycles.